The quantitative estimate of drug-likeness (QED) is 0.792. The SMILES string of the molecule is CC(N)C(=O)N[C@H](C)C(=O)OCc1ccccc1.Cl. The number of ether oxygens (including phenoxy) is 1. The van der Waals surface area contributed by atoms with Crippen molar-refractivity contribution in [3.05, 3.63) is 35.9 Å². The van der Waals surface area contributed by atoms with Crippen LogP contribution in [0.15, 0.2) is 30.3 Å². The first-order valence-corrected chi connectivity index (χ1v) is 5.77. The van der Waals surface area contributed by atoms with Crippen molar-refractivity contribution in [1.29, 1.82) is 0 Å². The Hall–Kier alpha value is -1.59. The molecule has 1 amide bonds. The summed E-state index contributed by atoms with van der Waals surface area (Å²) in [6.45, 7) is 3.31. The lowest BCUT2D eigenvalue weighted by Crippen LogP contribution is -2.46. The molecule has 0 aliphatic carbocycles. The molecule has 0 heterocycles. The maximum Gasteiger partial charge on any atom is 0.328 e. The number of hydrogen-bond acceptors (Lipinski definition) is 4. The number of amides is 1. The van der Waals surface area contributed by atoms with Crippen molar-refractivity contribution in [2.24, 2.45) is 5.73 Å². The second-order valence-corrected chi connectivity index (χ2v) is 4.11. The van der Waals surface area contributed by atoms with Gasteiger partial charge in [-0.05, 0) is 19.4 Å². The molecule has 0 aliphatic rings. The third-order valence-electron chi connectivity index (χ3n) is 2.35. The molecule has 1 aromatic carbocycles. The minimum absolute atomic E-state index is 0. The van der Waals surface area contributed by atoms with Gasteiger partial charge in [-0.3, -0.25) is 4.79 Å². The van der Waals surface area contributed by atoms with E-state index in [2.05, 4.69) is 5.32 Å². The fourth-order valence-electron chi connectivity index (χ4n) is 1.26. The van der Waals surface area contributed by atoms with Gasteiger partial charge in [-0.1, -0.05) is 30.3 Å². The Morgan fingerprint density at radius 3 is 2.37 bits per heavy atom. The van der Waals surface area contributed by atoms with Crippen LogP contribution in [-0.4, -0.2) is 24.0 Å². The predicted octanol–water partition coefficient (Wildman–Crippen LogP) is 1.00. The van der Waals surface area contributed by atoms with Gasteiger partial charge < -0.3 is 15.8 Å². The molecule has 0 saturated heterocycles. The summed E-state index contributed by atoms with van der Waals surface area (Å²) in [4.78, 5) is 22.9. The summed E-state index contributed by atoms with van der Waals surface area (Å²) < 4.78 is 5.08. The van der Waals surface area contributed by atoms with Crippen LogP contribution in [0.4, 0.5) is 0 Å². The lowest BCUT2D eigenvalue weighted by atomic mass is 10.2. The van der Waals surface area contributed by atoms with Crippen molar-refractivity contribution in [1.82, 2.24) is 5.32 Å². The van der Waals surface area contributed by atoms with Gasteiger partial charge in [0.1, 0.15) is 12.6 Å². The minimum Gasteiger partial charge on any atom is -0.459 e. The van der Waals surface area contributed by atoms with Gasteiger partial charge in [-0.25, -0.2) is 4.79 Å². The Morgan fingerprint density at radius 1 is 1.26 bits per heavy atom. The van der Waals surface area contributed by atoms with Crippen molar-refractivity contribution in [2.45, 2.75) is 32.5 Å². The van der Waals surface area contributed by atoms with E-state index in [0.717, 1.165) is 5.56 Å². The smallest absolute Gasteiger partial charge is 0.328 e. The minimum atomic E-state index is -0.702. The van der Waals surface area contributed by atoms with Gasteiger partial charge in [-0.2, -0.15) is 0 Å². The van der Waals surface area contributed by atoms with Gasteiger partial charge in [0.05, 0.1) is 6.04 Å². The molecule has 2 atom stereocenters. The van der Waals surface area contributed by atoms with Crippen LogP contribution >= 0.6 is 12.4 Å². The number of halogens is 1. The van der Waals surface area contributed by atoms with E-state index in [9.17, 15) is 9.59 Å². The molecule has 0 saturated carbocycles. The Kier molecular flexibility index (Phi) is 7.79. The Morgan fingerprint density at radius 2 is 1.84 bits per heavy atom. The zero-order chi connectivity index (χ0) is 13.5. The molecule has 0 spiro atoms. The molecule has 0 aromatic heterocycles. The van der Waals surface area contributed by atoms with E-state index in [0.29, 0.717) is 0 Å². The first kappa shape index (κ1) is 17.4. The van der Waals surface area contributed by atoms with E-state index in [1.54, 1.807) is 13.8 Å². The first-order valence-electron chi connectivity index (χ1n) is 5.77. The molecular formula is C13H19ClN2O3. The Balaban J connectivity index is 0.00000324. The second kappa shape index (κ2) is 8.50. The van der Waals surface area contributed by atoms with Crippen molar-refractivity contribution in [3.63, 3.8) is 0 Å². The average molecular weight is 287 g/mol. The molecule has 1 aromatic rings. The van der Waals surface area contributed by atoms with E-state index < -0.39 is 18.1 Å². The van der Waals surface area contributed by atoms with Crippen LogP contribution in [0.25, 0.3) is 0 Å². The van der Waals surface area contributed by atoms with Gasteiger partial charge in [0.2, 0.25) is 5.91 Å². The van der Waals surface area contributed by atoms with Gasteiger partial charge >= 0.3 is 5.97 Å². The van der Waals surface area contributed by atoms with E-state index in [4.69, 9.17) is 10.5 Å². The summed E-state index contributed by atoms with van der Waals surface area (Å²) in [5.41, 5.74) is 6.28. The third kappa shape index (κ3) is 6.22. The summed E-state index contributed by atoms with van der Waals surface area (Å²) >= 11 is 0. The van der Waals surface area contributed by atoms with Crippen LogP contribution in [-0.2, 0) is 20.9 Å². The van der Waals surface area contributed by atoms with Gasteiger partial charge in [0.15, 0.2) is 0 Å². The predicted molar refractivity (Wildman–Crippen MR) is 74.7 cm³/mol. The topological polar surface area (TPSA) is 81.4 Å². The lowest BCUT2D eigenvalue weighted by Gasteiger charge is -2.14. The Labute approximate surface area is 118 Å². The molecule has 19 heavy (non-hydrogen) atoms. The molecule has 0 fully saturated rings. The maximum atomic E-state index is 11.6. The maximum absolute atomic E-state index is 11.6. The average Bonchev–Trinajstić information content (AvgIpc) is 2.36. The number of carbonyl (C=O) groups excluding carboxylic acids is 2. The van der Waals surface area contributed by atoms with E-state index in [-0.39, 0.29) is 24.9 Å². The van der Waals surface area contributed by atoms with Crippen LogP contribution in [0.1, 0.15) is 19.4 Å². The van der Waals surface area contributed by atoms with E-state index in [1.165, 1.54) is 0 Å². The molecule has 106 valence electrons. The van der Waals surface area contributed by atoms with Crippen LogP contribution < -0.4 is 11.1 Å². The van der Waals surface area contributed by atoms with Crippen molar-refractivity contribution < 1.29 is 14.3 Å². The molecule has 1 unspecified atom stereocenters. The molecule has 5 nitrogen and oxygen atoms in total. The highest BCUT2D eigenvalue weighted by Crippen LogP contribution is 2.01. The van der Waals surface area contributed by atoms with Gasteiger partial charge in [0, 0.05) is 0 Å². The summed E-state index contributed by atoms with van der Waals surface area (Å²) in [6, 6.07) is 7.99. The second-order valence-electron chi connectivity index (χ2n) is 4.11. The molecule has 3 N–H and O–H groups in total. The van der Waals surface area contributed by atoms with Crippen molar-refractivity contribution in [3.8, 4) is 0 Å². The van der Waals surface area contributed by atoms with Gasteiger partial charge in [0.25, 0.3) is 0 Å². The first-order chi connectivity index (χ1) is 8.50. The number of hydrogen-bond donors (Lipinski definition) is 2. The third-order valence-corrected chi connectivity index (χ3v) is 2.35. The van der Waals surface area contributed by atoms with Crippen LogP contribution in [0.3, 0.4) is 0 Å². The highest BCUT2D eigenvalue weighted by Gasteiger charge is 2.18. The normalized spacial score (nSPS) is 12.8. The number of carbonyl (C=O) groups is 2. The van der Waals surface area contributed by atoms with Gasteiger partial charge in [-0.15, -0.1) is 12.4 Å². The molecule has 1 rings (SSSR count). The number of nitrogens with one attached hydrogen (secondary N) is 1. The standard InChI is InChI=1S/C13H18N2O3.ClH/c1-9(14)12(16)15-10(2)13(17)18-8-11-6-4-3-5-7-11;/h3-7,9-10H,8,14H2,1-2H3,(H,15,16);1H/t9?,10-;/m1./s1. The summed E-state index contributed by atoms with van der Waals surface area (Å²) in [5.74, 6) is -0.855. The fourth-order valence-corrected chi connectivity index (χ4v) is 1.26. The molecular weight excluding hydrogens is 268 g/mol. The zero-order valence-electron chi connectivity index (χ0n) is 11.0. The number of esters is 1. The molecule has 0 aliphatic heterocycles. The number of benzene rings is 1. The van der Waals surface area contributed by atoms with E-state index in [1.807, 2.05) is 30.3 Å². The number of nitrogens with two attached hydrogens (primary N) is 1. The summed E-state index contributed by atoms with van der Waals surface area (Å²) in [6.07, 6.45) is 0. The van der Waals surface area contributed by atoms with Crippen LogP contribution in [0.2, 0.25) is 0 Å². The molecule has 6 heteroatoms. The van der Waals surface area contributed by atoms with Crippen LogP contribution in [0, 0.1) is 0 Å². The van der Waals surface area contributed by atoms with E-state index >= 15 is 0 Å². The van der Waals surface area contributed by atoms with Crippen molar-refractivity contribution in [2.75, 3.05) is 0 Å². The number of rotatable bonds is 5. The monoisotopic (exact) mass is 286 g/mol. The fraction of sp³-hybridized carbons (Fsp3) is 0.385. The summed E-state index contributed by atoms with van der Waals surface area (Å²) in [5, 5.41) is 2.48. The highest BCUT2D eigenvalue weighted by molar-refractivity contribution is 5.86. The Bertz CT molecular complexity index is 410. The zero-order valence-corrected chi connectivity index (χ0v) is 11.8. The van der Waals surface area contributed by atoms with Crippen LogP contribution in [0.5, 0.6) is 0 Å². The molecule has 0 bridgehead atoms. The molecule has 0 radical (unpaired) electrons. The lowest BCUT2D eigenvalue weighted by molar-refractivity contribution is -0.148. The highest BCUT2D eigenvalue weighted by atomic mass is 35.5. The summed E-state index contributed by atoms with van der Waals surface area (Å²) in [7, 11) is 0. The van der Waals surface area contributed by atoms with Crippen molar-refractivity contribution >= 4 is 24.3 Å². The largest absolute Gasteiger partial charge is 0.459 e.